The Morgan fingerprint density at radius 3 is 2.37 bits per heavy atom. The zero-order chi connectivity index (χ0) is 27.4. The van der Waals surface area contributed by atoms with E-state index in [1.807, 2.05) is 19.9 Å². The highest BCUT2D eigenvalue weighted by atomic mass is 16.5. The zero-order valence-corrected chi connectivity index (χ0v) is 22.1. The molecule has 3 heterocycles. The molecule has 0 atom stereocenters. The summed E-state index contributed by atoms with van der Waals surface area (Å²) in [5.74, 6) is -0.473. The Labute approximate surface area is 219 Å². The van der Waals surface area contributed by atoms with Gasteiger partial charge in [0.05, 0.1) is 26.2 Å². The highest BCUT2D eigenvalue weighted by molar-refractivity contribution is 5.97. The minimum absolute atomic E-state index is 0.00478. The van der Waals surface area contributed by atoms with Gasteiger partial charge in [-0.3, -0.25) is 14.0 Å². The number of hydrogen-bond donors (Lipinski definition) is 0. The number of aromatic nitrogens is 3. The van der Waals surface area contributed by atoms with Gasteiger partial charge in [0.25, 0.3) is 11.5 Å². The number of esters is 1. The van der Waals surface area contributed by atoms with Gasteiger partial charge in [0.2, 0.25) is 0 Å². The van der Waals surface area contributed by atoms with E-state index in [9.17, 15) is 14.4 Å². The summed E-state index contributed by atoms with van der Waals surface area (Å²) >= 11 is 0. The van der Waals surface area contributed by atoms with Crippen LogP contribution in [0.25, 0.3) is 16.7 Å². The molecule has 0 aliphatic rings. The standard InChI is InChI=1S/C28H30N4O6/c1-6-8-11-31-24-21(27(34)32-12-9-10-17(3)23(32)29-24)16-22(28(35)38-7-2)25(31)30-26(33)18-13-19(36-4)15-20(14-18)37-5/h9-10,12-16H,6-8,11H2,1-5H3. The first kappa shape index (κ1) is 26.6. The Kier molecular flexibility index (Phi) is 7.90. The molecule has 1 amide bonds. The Hall–Kier alpha value is -4.47. The third-order valence-electron chi connectivity index (χ3n) is 6.14. The maximum atomic E-state index is 13.5. The minimum Gasteiger partial charge on any atom is -0.497 e. The molecule has 0 unspecified atom stereocenters. The topological polar surface area (TPSA) is 113 Å². The number of methoxy groups -OCH3 is 2. The third kappa shape index (κ3) is 5.02. The molecule has 0 aliphatic carbocycles. The second-order valence-corrected chi connectivity index (χ2v) is 8.66. The van der Waals surface area contributed by atoms with Crippen LogP contribution in [0.15, 0.2) is 52.4 Å². The van der Waals surface area contributed by atoms with Crippen molar-refractivity contribution in [3.8, 4) is 11.5 Å². The zero-order valence-electron chi connectivity index (χ0n) is 22.1. The fraction of sp³-hybridized carbons (Fsp3) is 0.321. The lowest BCUT2D eigenvalue weighted by Crippen LogP contribution is -2.33. The Morgan fingerprint density at radius 1 is 1.03 bits per heavy atom. The van der Waals surface area contributed by atoms with E-state index < -0.39 is 11.9 Å². The quantitative estimate of drug-likeness (QED) is 0.258. The van der Waals surface area contributed by atoms with Gasteiger partial charge in [-0.15, -0.1) is 0 Å². The highest BCUT2D eigenvalue weighted by Crippen LogP contribution is 2.23. The van der Waals surface area contributed by atoms with Gasteiger partial charge in [0, 0.05) is 24.4 Å². The molecule has 0 saturated heterocycles. The van der Waals surface area contributed by atoms with Crippen LogP contribution < -0.4 is 20.5 Å². The van der Waals surface area contributed by atoms with Crippen LogP contribution in [0.3, 0.4) is 0 Å². The average molecular weight is 519 g/mol. The van der Waals surface area contributed by atoms with E-state index in [0.717, 1.165) is 12.0 Å². The molecular weight excluding hydrogens is 488 g/mol. The first-order valence-corrected chi connectivity index (χ1v) is 12.4. The van der Waals surface area contributed by atoms with Crippen molar-refractivity contribution in [1.29, 1.82) is 0 Å². The van der Waals surface area contributed by atoms with E-state index in [4.69, 9.17) is 19.2 Å². The number of unbranched alkanes of at least 4 members (excludes halogenated alkanes) is 1. The van der Waals surface area contributed by atoms with E-state index in [2.05, 4.69) is 4.99 Å². The number of nitrogens with zero attached hydrogens (tertiary/aromatic N) is 4. The summed E-state index contributed by atoms with van der Waals surface area (Å²) in [5.41, 5.74) is 1.57. The minimum atomic E-state index is -0.692. The molecular formula is C28H30N4O6. The number of ether oxygens (including phenoxy) is 3. The number of fused-ring (bicyclic) bond motifs is 2. The van der Waals surface area contributed by atoms with Crippen molar-refractivity contribution >= 4 is 28.6 Å². The number of amides is 1. The van der Waals surface area contributed by atoms with Gasteiger partial charge in [0.15, 0.2) is 5.49 Å². The average Bonchev–Trinajstić information content (AvgIpc) is 2.92. The first-order chi connectivity index (χ1) is 18.3. The Balaban J connectivity index is 2.11. The fourth-order valence-corrected chi connectivity index (χ4v) is 4.19. The molecule has 0 radical (unpaired) electrons. The smallest absolute Gasteiger partial charge is 0.341 e. The van der Waals surface area contributed by atoms with Crippen molar-refractivity contribution in [3.05, 3.63) is 75.1 Å². The molecule has 0 aliphatic heterocycles. The van der Waals surface area contributed by atoms with Gasteiger partial charge in [-0.2, -0.15) is 4.99 Å². The number of rotatable bonds is 8. The van der Waals surface area contributed by atoms with Gasteiger partial charge < -0.3 is 18.8 Å². The molecule has 0 bridgehead atoms. The maximum Gasteiger partial charge on any atom is 0.341 e. The Bertz CT molecular complexity index is 1650. The molecule has 0 spiro atoms. The summed E-state index contributed by atoms with van der Waals surface area (Å²) in [6, 6.07) is 9.76. The van der Waals surface area contributed by atoms with Crippen LogP contribution in [0.2, 0.25) is 0 Å². The van der Waals surface area contributed by atoms with Crippen molar-refractivity contribution in [1.82, 2.24) is 14.0 Å². The largest absolute Gasteiger partial charge is 0.497 e. The molecule has 198 valence electrons. The molecule has 10 heteroatoms. The predicted octanol–water partition coefficient (Wildman–Crippen LogP) is 3.69. The van der Waals surface area contributed by atoms with Crippen molar-refractivity contribution < 1.29 is 23.8 Å². The van der Waals surface area contributed by atoms with Crippen molar-refractivity contribution in [2.24, 2.45) is 4.99 Å². The lowest BCUT2D eigenvalue weighted by molar-refractivity contribution is 0.0523. The summed E-state index contributed by atoms with van der Waals surface area (Å²) in [4.78, 5) is 49.3. The molecule has 0 fully saturated rings. The molecule has 10 nitrogen and oxygen atoms in total. The highest BCUT2D eigenvalue weighted by Gasteiger charge is 2.21. The number of carbonyl (C=O) groups is 2. The number of carbonyl (C=O) groups excluding carboxylic acids is 2. The van der Waals surface area contributed by atoms with Gasteiger partial charge in [-0.05, 0) is 50.1 Å². The monoisotopic (exact) mass is 518 g/mol. The molecule has 38 heavy (non-hydrogen) atoms. The van der Waals surface area contributed by atoms with Crippen LogP contribution >= 0.6 is 0 Å². The summed E-state index contributed by atoms with van der Waals surface area (Å²) in [6.45, 7) is 6.05. The summed E-state index contributed by atoms with van der Waals surface area (Å²) in [7, 11) is 2.97. The third-order valence-corrected chi connectivity index (χ3v) is 6.14. The van der Waals surface area contributed by atoms with Gasteiger partial charge in [-0.25, -0.2) is 9.78 Å². The van der Waals surface area contributed by atoms with E-state index in [0.29, 0.717) is 35.8 Å². The van der Waals surface area contributed by atoms with E-state index in [1.165, 1.54) is 36.8 Å². The van der Waals surface area contributed by atoms with Crippen molar-refractivity contribution in [3.63, 3.8) is 0 Å². The normalized spacial score (nSPS) is 11.7. The van der Waals surface area contributed by atoms with Gasteiger partial charge in [0.1, 0.15) is 28.4 Å². The first-order valence-electron chi connectivity index (χ1n) is 12.4. The van der Waals surface area contributed by atoms with Crippen LogP contribution in [0.4, 0.5) is 0 Å². The molecule has 0 saturated carbocycles. The molecule has 3 aromatic heterocycles. The Morgan fingerprint density at radius 2 is 1.74 bits per heavy atom. The van der Waals surface area contributed by atoms with Crippen molar-refractivity contribution in [2.75, 3.05) is 20.8 Å². The molecule has 1 aromatic carbocycles. The SMILES string of the molecule is CCCCn1c(=NC(=O)c2cc(OC)cc(OC)c2)c(C(=O)OCC)cc2c(=O)n3cccc(C)c3nc21. The van der Waals surface area contributed by atoms with E-state index >= 15 is 0 Å². The number of aryl methyl sites for hydroxylation is 2. The number of hydrogen-bond acceptors (Lipinski definition) is 7. The second kappa shape index (κ2) is 11.3. The van der Waals surface area contributed by atoms with E-state index in [-0.39, 0.29) is 34.2 Å². The summed E-state index contributed by atoms with van der Waals surface area (Å²) < 4.78 is 19.0. The maximum absolute atomic E-state index is 13.5. The van der Waals surface area contributed by atoms with Gasteiger partial charge >= 0.3 is 5.97 Å². The molecule has 4 rings (SSSR count). The fourth-order valence-electron chi connectivity index (χ4n) is 4.19. The van der Waals surface area contributed by atoms with Crippen LogP contribution in [0.5, 0.6) is 11.5 Å². The van der Waals surface area contributed by atoms with Crippen LogP contribution in [0, 0.1) is 6.92 Å². The van der Waals surface area contributed by atoms with Crippen LogP contribution in [0.1, 0.15) is 53.0 Å². The molecule has 4 aromatic rings. The summed E-state index contributed by atoms with van der Waals surface area (Å²) in [6.07, 6.45) is 3.16. The molecule has 0 N–H and O–H groups in total. The summed E-state index contributed by atoms with van der Waals surface area (Å²) in [5, 5.41) is 0.224. The lowest BCUT2D eigenvalue weighted by Gasteiger charge is -2.15. The van der Waals surface area contributed by atoms with Crippen LogP contribution in [-0.4, -0.2) is 46.7 Å². The van der Waals surface area contributed by atoms with E-state index in [1.54, 1.807) is 29.8 Å². The van der Waals surface area contributed by atoms with Crippen LogP contribution in [-0.2, 0) is 11.3 Å². The number of benzene rings is 1. The van der Waals surface area contributed by atoms with Crippen molar-refractivity contribution in [2.45, 2.75) is 40.2 Å². The lowest BCUT2D eigenvalue weighted by atomic mass is 10.1. The second-order valence-electron chi connectivity index (χ2n) is 8.66. The predicted molar refractivity (Wildman–Crippen MR) is 142 cm³/mol. The number of pyridine rings is 2. The van der Waals surface area contributed by atoms with Gasteiger partial charge in [-0.1, -0.05) is 19.4 Å².